The standard InChI is InChI=1S/C37H41NO5.C37H43NO4.C16H19NO2/c1-37(2,3)31-24-33(41-5)35(43-26-29-14-10-7-11-15-29)23-30(31)17-19-36(39)38-21-20-27-16-18-32(40-4)34(22-27)42-25-28-12-8-6-9-13-28;1-37(2,3)32-25-34(40-5)36(42-27-30-15-10-7-11-16-30)24-31(32)17-12-21-38-22-20-28-18-19-33(39-4)35(23-28)41-26-29-13-8-6-9-14-29;1-18-15-8-7-13(9-10-17)11-16(15)19-12-14-5-3-2-4-6-14/h6-19,22-24H,20-21,25-26H2,1-5H3,(H,38,39);6-19,23-25,38H,20-22,26-27H2,1-5H3;2-8,11H,9-10,12,17H2,1H3/b19-17+;17-12+;. The molecule has 14 nitrogen and oxygen atoms in total. The molecule has 0 unspecified atom stereocenters. The van der Waals surface area contributed by atoms with Gasteiger partial charge in [-0.3, -0.25) is 4.79 Å². The first kappa shape index (κ1) is 78.8. The SMILES string of the molecule is COc1ccc(CCN)cc1OCc1ccccc1.COc1ccc(CCNC(=O)/C=C/c2cc(OCc3ccccc3)c(OC)cc2C(C)(C)C)cc1OCc1ccccc1.COc1ccc(CCNC/C=C/c2cc(OCc3ccccc3)c(OC)cc2C(C)(C)C)cc1OCc1ccccc1. The van der Waals surface area contributed by atoms with Crippen LogP contribution in [0.2, 0.25) is 0 Å². The number of benzene rings is 10. The van der Waals surface area contributed by atoms with E-state index in [9.17, 15) is 4.79 Å². The van der Waals surface area contributed by atoms with Crippen molar-refractivity contribution in [1.29, 1.82) is 0 Å². The third kappa shape index (κ3) is 25.5. The van der Waals surface area contributed by atoms with Crippen LogP contribution in [0.5, 0.6) is 57.5 Å². The smallest absolute Gasteiger partial charge is 0.244 e. The fourth-order valence-electron chi connectivity index (χ4n) is 11.2. The maximum Gasteiger partial charge on any atom is 0.244 e. The second kappa shape index (κ2) is 41.2. The van der Waals surface area contributed by atoms with Crippen LogP contribution in [0.25, 0.3) is 12.2 Å². The lowest BCUT2D eigenvalue weighted by Gasteiger charge is -2.24. The summed E-state index contributed by atoms with van der Waals surface area (Å²) in [6, 6.07) is 76.4. The Labute approximate surface area is 616 Å². The summed E-state index contributed by atoms with van der Waals surface area (Å²) in [5, 5.41) is 6.53. The minimum absolute atomic E-state index is 0.0486. The van der Waals surface area contributed by atoms with E-state index in [1.165, 1.54) is 11.1 Å². The second-order valence-corrected chi connectivity index (χ2v) is 26.8. The Morgan fingerprint density at radius 1 is 0.346 bits per heavy atom. The molecule has 0 bridgehead atoms. The average Bonchev–Trinajstić information content (AvgIpc) is 0.804. The predicted molar refractivity (Wildman–Crippen MR) is 420 cm³/mol. The van der Waals surface area contributed by atoms with Gasteiger partial charge in [0.25, 0.3) is 0 Å². The number of methoxy groups -OCH3 is 5. The summed E-state index contributed by atoms with van der Waals surface area (Å²) >= 11 is 0. The zero-order chi connectivity index (χ0) is 73.9. The van der Waals surface area contributed by atoms with Crippen molar-refractivity contribution in [2.24, 2.45) is 5.73 Å². The van der Waals surface area contributed by atoms with Crippen LogP contribution in [-0.4, -0.2) is 67.6 Å². The maximum atomic E-state index is 12.8. The van der Waals surface area contributed by atoms with Crippen molar-refractivity contribution in [3.8, 4) is 57.5 Å². The highest BCUT2D eigenvalue weighted by Gasteiger charge is 2.23. The number of nitrogens with one attached hydrogen (secondary N) is 2. The highest BCUT2D eigenvalue weighted by Crippen LogP contribution is 2.40. The molecule has 0 saturated carbocycles. The van der Waals surface area contributed by atoms with E-state index in [0.29, 0.717) is 75.5 Å². The molecule has 0 aliphatic heterocycles. The van der Waals surface area contributed by atoms with Crippen LogP contribution in [0.1, 0.15) is 108 Å². The van der Waals surface area contributed by atoms with Crippen LogP contribution < -0.4 is 63.7 Å². The van der Waals surface area contributed by atoms with Crippen LogP contribution in [-0.2, 0) is 67.9 Å². The molecule has 0 heterocycles. The largest absolute Gasteiger partial charge is 0.493 e. The summed E-state index contributed by atoms with van der Waals surface area (Å²) in [6.45, 7) is 18.1. The van der Waals surface area contributed by atoms with Crippen LogP contribution in [0.15, 0.2) is 243 Å². The van der Waals surface area contributed by atoms with E-state index in [1.54, 1.807) is 41.6 Å². The molecule has 1 amide bonds. The molecule has 10 aromatic rings. The Balaban J connectivity index is 0.000000212. The number of carbonyl (C=O) groups excluding carboxylic acids is 1. The molecule has 0 aromatic heterocycles. The third-order valence-electron chi connectivity index (χ3n) is 16.9. The van der Waals surface area contributed by atoms with E-state index in [1.807, 2.05) is 188 Å². The molecule has 14 heteroatoms. The van der Waals surface area contributed by atoms with Crippen LogP contribution in [0.4, 0.5) is 0 Å². The number of rotatable bonds is 33. The number of carbonyl (C=O) groups is 1. The molecule has 10 aromatic carbocycles. The number of hydrogen-bond donors (Lipinski definition) is 3. The normalized spacial score (nSPS) is 11.2. The molecule has 0 spiro atoms. The zero-order valence-electron chi connectivity index (χ0n) is 62.3. The Morgan fingerprint density at radius 2 is 0.654 bits per heavy atom. The molecule has 104 heavy (non-hydrogen) atoms. The fourth-order valence-corrected chi connectivity index (χ4v) is 11.2. The lowest BCUT2D eigenvalue weighted by atomic mass is 9.83. The number of hydrogen-bond acceptors (Lipinski definition) is 13. The van der Waals surface area contributed by atoms with Gasteiger partial charge in [-0.05, 0) is 177 Å². The van der Waals surface area contributed by atoms with Crippen molar-refractivity contribution in [1.82, 2.24) is 10.6 Å². The van der Waals surface area contributed by atoms with Crippen molar-refractivity contribution in [3.05, 3.63) is 309 Å². The van der Waals surface area contributed by atoms with Gasteiger partial charge in [-0.25, -0.2) is 0 Å². The molecule has 544 valence electrons. The Hall–Kier alpha value is -10.9. The van der Waals surface area contributed by atoms with Gasteiger partial charge in [-0.1, -0.05) is 224 Å². The van der Waals surface area contributed by atoms with Crippen LogP contribution >= 0.6 is 0 Å². The predicted octanol–water partition coefficient (Wildman–Crippen LogP) is 18.3. The Morgan fingerprint density at radius 3 is 0.971 bits per heavy atom. The molecule has 0 aliphatic rings. The van der Waals surface area contributed by atoms with Crippen LogP contribution in [0.3, 0.4) is 0 Å². The first-order valence-electron chi connectivity index (χ1n) is 35.3. The van der Waals surface area contributed by atoms with E-state index < -0.39 is 0 Å². The van der Waals surface area contributed by atoms with Crippen molar-refractivity contribution < 1.29 is 52.2 Å². The van der Waals surface area contributed by atoms with Gasteiger partial charge in [-0.15, -0.1) is 0 Å². The molecule has 10 rings (SSSR count). The molecule has 4 N–H and O–H groups in total. The van der Waals surface area contributed by atoms with Crippen molar-refractivity contribution in [2.45, 2.75) is 105 Å². The number of ether oxygens (including phenoxy) is 10. The van der Waals surface area contributed by atoms with Gasteiger partial charge in [0.2, 0.25) is 5.91 Å². The van der Waals surface area contributed by atoms with Gasteiger partial charge in [0.05, 0.1) is 35.5 Å². The van der Waals surface area contributed by atoms with E-state index >= 15 is 0 Å². The summed E-state index contributed by atoms with van der Waals surface area (Å²) < 4.78 is 57.9. The highest BCUT2D eigenvalue weighted by atomic mass is 16.5. The summed E-state index contributed by atoms with van der Waals surface area (Å²) in [5.41, 5.74) is 18.6. The monoisotopic (exact) mass is 1400 g/mol. The third-order valence-corrected chi connectivity index (χ3v) is 16.9. The van der Waals surface area contributed by atoms with E-state index in [4.69, 9.17) is 53.1 Å². The van der Waals surface area contributed by atoms with Gasteiger partial charge in [0, 0.05) is 19.2 Å². The van der Waals surface area contributed by atoms with E-state index in [0.717, 1.165) is 116 Å². The quantitative estimate of drug-likeness (QED) is 0.0264. The van der Waals surface area contributed by atoms with E-state index in [-0.39, 0.29) is 16.7 Å². The minimum atomic E-state index is -0.171. The Bertz CT molecular complexity index is 4270. The van der Waals surface area contributed by atoms with Gasteiger partial charge < -0.3 is 63.7 Å². The average molecular weight is 1400 g/mol. The maximum absolute atomic E-state index is 12.8. The zero-order valence-corrected chi connectivity index (χ0v) is 62.3. The minimum Gasteiger partial charge on any atom is -0.493 e. The van der Waals surface area contributed by atoms with Crippen molar-refractivity contribution in [2.75, 3.05) is 61.7 Å². The molecular formula is C90H103N3O11. The van der Waals surface area contributed by atoms with Gasteiger partial charge in [0.15, 0.2) is 57.5 Å². The molecular weight excluding hydrogens is 1300 g/mol. The van der Waals surface area contributed by atoms with Gasteiger partial charge in [0.1, 0.15) is 33.0 Å². The topological polar surface area (TPSA) is 159 Å². The first-order valence-corrected chi connectivity index (χ1v) is 35.3. The first-order chi connectivity index (χ1) is 50.5. The summed E-state index contributed by atoms with van der Waals surface area (Å²) in [7, 11) is 8.28. The summed E-state index contributed by atoms with van der Waals surface area (Å²) in [6.07, 6.45) is 10.1. The highest BCUT2D eigenvalue weighted by molar-refractivity contribution is 5.92. The van der Waals surface area contributed by atoms with E-state index in [2.05, 4.69) is 113 Å². The van der Waals surface area contributed by atoms with Gasteiger partial charge in [-0.2, -0.15) is 0 Å². The lowest BCUT2D eigenvalue weighted by Crippen LogP contribution is -2.23. The number of nitrogens with two attached hydrogens (primary N) is 1. The fraction of sp³-hybridized carbons (Fsp3) is 0.278. The molecule has 0 aliphatic carbocycles. The molecule has 0 atom stereocenters. The molecule has 0 saturated heterocycles. The van der Waals surface area contributed by atoms with Crippen molar-refractivity contribution >= 4 is 18.1 Å². The lowest BCUT2D eigenvalue weighted by molar-refractivity contribution is -0.116. The summed E-state index contributed by atoms with van der Waals surface area (Å²) in [4.78, 5) is 12.8. The summed E-state index contributed by atoms with van der Waals surface area (Å²) in [5.74, 6) is 6.97. The molecule has 0 radical (unpaired) electrons. The second-order valence-electron chi connectivity index (χ2n) is 26.8. The Kier molecular flexibility index (Phi) is 31.2. The molecule has 0 fully saturated rings. The van der Waals surface area contributed by atoms with Gasteiger partial charge >= 0.3 is 0 Å². The van der Waals surface area contributed by atoms with Crippen LogP contribution in [0, 0.1) is 0 Å². The number of amides is 1. The van der Waals surface area contributed by atoms with Crippen molar-refractivity contribution in [3.63, 3.8) is 0 Å².